The zero-order valence-electron chi connectivity index (χ0n) is 9.25. The lowest BCUT2D eigenvalue weighted by atomic mass is 9.93. The molecule has 0 saturated carbocycles. The normalized spacial score (nSPS) is 21.7. The van der Waals surface area contributed by atoms with E-state index in [9.17, 15) is 9.59 Å². The number of carbonyl (C=O) groups excluding carboxylic acids is 2. The fourth-order valence-corrected chi connectivity index (χ4v) is 1.97. The summed E-state index contributed by atoms with van der Waals surface area (Å²) in [5, 5.41) is 0. The van der Waals surface area contributed by atoms with Gasteiger partial charge in [-0.15, -0.1) is 6.42 Å². The standard InChI is InChI=1S/C13H16O2/c1-4-13(15)9(2)7-11-5-6-12(8-11)10(3)14/h1,8-9,11H,5-7H2,2-3H3. The lowest BCUT2D eigenvalue weighted by Gasteiger charge is -2.10. The molecule has 2 heteroatoms. The molecule has 2 atom stereocenters. The molecule has 1 aliphatic carbocycles. The molecule has 0 bridgehead atoms. The number of Topliss-reactive ketones (excluding diaryl/α,β-unsaturated/α-hetero) is 2. The Hall–Kier alpha value is -1.36. The molecule has 80 valence electrons. The Kier molecular flexibility index (Phi) is 3.85. The Morgan fingerprint density at radius 2 is 2.33 bits per heavy atom. The first-order chi connectivity index (χ1) is 7.04. The quantitative estimate of drug-likeness (QED) is 0.519. The summed E-state index contributed by atoms with van der Waals surface area (Å²) < 4.78 is 0. The summed E-state index contributed by atoms with van der Waals surface area (Å²) in [6, 6.07) is 0. The van der Waals surface area contributed by atoms with Crippen molar-refractivity contribution in [3.8, 4) is 12.3 Å². The summed E-state index contributed by atoms with van der Waals surface area (Å²) in [6.07, 6.45) is 9.63. The van der Waals surface area contributed by atoms with Crippen molar-refractivity contribution in [1.82, 2.24) is 0 Å². The Morgan fingerprint density at radius 1 is 1.67 bits per heavy atom. The molecular formula is C13H16O2. The maximum absolute atomic E-state index is 11.2. The van der Waals surface area contributed by atoms with Gasteiger partial charge in [-0.05, 0) is 43.6 Å². The van der Waals surface area contributed by atoms with Crippen molar-refractivity contribution in [2.75, 3.05) is 0 Å². The molecule has 0 amide bonds. The molecule has 15 heavy (non-hydrogen) atoms. The first-order valence-corrected chi connectivity index (χ1v) is 5.26. The van der Waals surface area contributed by atoms with Gasteiger partial charge in [0.15, 0.2) is 5.78 Å². The molecule has 2 unspecified atom stereocenters. The Labute approximate surface area is 90.7 Å². The summed E-state index contributed by atoms with van der Waals surface area (Å²) >= 11 is 0. The van der Waals surface area contributed by atoms with Gasteiger partial charge in [-0.25, -0.2) is 0 Å². The second-order valence-electron chi connectivity index (χ2n) is 4.19. The van der Waals surface area contributed by atoms with Gasteiger partial charge >= 0.3 is 0 Å². The highest BCUT2D eigenvalue weighted by atomic mass is 16.1. The molecule has 1 aliphatic rings. The fourth-order valence-electron chi connectivity index (χ4n) is 1.97. The molecule has 0 aromatic heterocycles. The smallest absolute Gasteiger partial charge is 0.208 e. The fraction of sp³-hybridized carbons (Fsp3) is 0.538. The van der Waals surface area contributed by atoms with Gasteiger partial charge in [-0.1, -0.05) is 13.0 Å². The van der Waals surface area contributed by atoms with Gasteiger partial charge in [0, 0.05) is 5.92 Å². The SMILES string of the molecule is C#CC(=O)C(C)CC1C=C(C(C)=O)CC1. The minimum atomic E-state index is -0.139. The first-order valence-electron chi connectivity index (χ1n) is 5.26. The second kappa shape index (κ2) is 4.93. The highest BCUT2D eigenvalue weighted by Crippen LogP contribution is 2.29. The first kappa shape index (κ1) is 11.7. The van der Waals surface area contributed by atoms with Gasteiger partial charge in [0.05, 0.1) is 0 Å². The third-order valence-corrected chi connectivity index (χ3v) is 2.92. The molecular weight excluding hydrogens is 188 g/mol. The largest absolute Gasteiger partial charge is 0.295 e. The summed E-state index contributed by atoms with van der Waals surface area (Å²) in [7, 11) is 0. The van der Waals surface area contributed by atoms with Crippen molar-refractivity contribution in [3.63, 3.8) is 0 Å². The molecule has 1 rings (SSSR count). The monoisotopic (exact) mass is 204 g/mol. The predicted molar refractivity (Wildman–Crippen MR) is 59.1 cm³/mol. The molecule has 0 spiro atoms. The van der Waals surface area contributed by atoms with Crippen LogP contribution in [0.5, 0.6) is 0 Å². The van der Waals surface area contributed by atoms with Crippen LogP contribution in [0, 0.1) is 24.2 Å². The second-order valence-corrected chi connectivity index (χ2v) is 4.19. The van der Waals surface area contributed by atoms with E-state index in [1.807, 2.05) is 13.0 Å². The van der Waals surface area contributed by atoms with E-state index < -0.39 is 0 Å². The van der Waals surface area contributed by atoms with Gasteiger partial charge in [0.25, 0.3) is 0 Å². The van der Waals surface area contributed by atoms with E-state index >= 15 is 0 Å². The van der Waals surface area contributed by atoms with Crippen molar-refractivity contribution in [2.24, 2.45) is 11.8 Å². The van der Waals surface area contributed by atoms with Gasteiger partial charge in [0.1, 0.15) is 0 Å². The highest BCUT2D eigenvalue weighted by molar-refractivity contribution is 5.96. The van der Waals surface area contributed by atoms with Gasteiger partial charge < -0.3 is 0 Å². The lowest BCUT2D eigenvalue weighted by molar-refractivity contribution is -0.117. The van der Waals surface area contributed by atoms with Gasteiger partial charge in [0.2, 0.25) is 5.78 Å². The number of carbonyl (C=O) groups is 2. The summed E-state index contributed by atoms with van der Waals surface area (Å²) in [4.78, 5) is 22.3. The van der Waals surface area contributed by atoms with Crippen LogP contribution in [0.2, 0.25) is 0 Å². The lowest BCUT2D eigenvalue weighted by Crippen LogP contribution is -2.11. The van der Waals surface area contributed by atoms with Crippen molar-refractivity contribution < 1.29 is 9.59 Å². The average Bonchev–Trinajstić information content (AvgIpc) is 2.65. The minimum Gasteiger partial charge on any atom is -0.295 e. The topological polar surface area (TPSA) is 34.1 Å². The van der Waals surface area contributed by atoms with Crippen molar-refractivity contribution >= 4 is 11.6 Å². The van der Waals surface area contributed by atoms with Crippen LogP contribution in [-0.4, -0.2) is 11.6 Å². The molecule has 0 heterocycles. The summed E-state index contributed by atoms with van der Waals surface area (Å²) in [5.74, 6) is 2.40. The van der Waals surface area contributed by atoms with E-state index in [0.717, 1.165) is 24.8 Å². The molecule has 0 fully saturated rings. The van der Waals surface area contributed by atoms with Crippen molar-refractivity contribution in [3.05, 3.63) is 11.6 Å². The number of rotatable bonds is 4. The molecule has 2 nitrogen and oxygen atoms in total. The Balaban J connectivity index is 2.53. The summed E-state index contributed by atoms with van der Waals surface area (Å²) in [6.45, 7) is 3.44. The van der Waals surface area contributed by atoms with E-state index in [1.54, 1.807) is 6.92 Å². The third-order valence-electron chi connectivity index (χ3n) is 2.92. The molecule has 0 aromatic carbocycles. The van der Waals surface area contributed by atoms with Crippen LogP contribution in [0.1, 0.15) is 33.1 Å². The van der Waals surface area contributed by atoms with E-state index in [2.05, 4.69) is 5.92 Å². The van der Waals surface area contributed by atoms with E-state index in [1.165, 1.54) is 0 Å². The number of allylic oxidation sites excluding steroid dienone is 2. The maximum atomic E-state index is 11.2. The number of terminal acetylenes is 1. The third kappa shape index (κ3) is 3.06. The van der Waals surface area contributed by atoms with E-state index in [-0.39, 0.29) is 17.5 Å². The maximum Gasteiger partial charge on any atom is 0.208 e. The van der Waals surface area contributed by atoms with E-state index in [4.69, 9.17) is 6.42 Å². The van der Waals surface area contributed by atoms with Crippen LogP contribution in [-0.2, 0) is 9.59 Å². The molecule has 0 aliphatic heterocycles. The van der Waals surface area contributed by atoms with Gasteiger partial charge in [-0.3, -0.25) is 9.59 Å². The predicted octanol–water partition coefficient (Wildman–Crippen LogP) is 2.14. The van der Waals surface area contributed by atoms with Crippen LogP contribution in [0.25, 0.3) is 0 Å². The van der Waals surface area contributed by atoms with Crippen LogP contribution >= 0.6 is 0 Å². The highest BCUT2D eigenvalue weighted by Gasteiger charge is 2.22. The molecule has 0 saturated heterocycles. The molecule has 0 aromatic rings. The number of ketones is 2. The van der Waals surface area contributed by atoms with Crippen molar-refractivity contribution in [1.29, 1.82) is 0 Å². The zero-order valence-corrected chi connectivity index (χ0v) is 9.25. The minimum absolute atomic E-state index is 0.0949. The Bertz CT molecular complexity index is 344. The zero-order chi connectivity index (χ0) is 11.4. The van der Waals surface area contributed by atoms with Crippen LogP contribution in [0.3, 0.4) is 0 Å². The molecule has 0 radical (unpaired) electrons. The van der Waals surface area contributed by atoms with E-state index in [0.29, 0.717) is 5.92 Å². The van der Waals surface area contributed by atoms with Crippen LogP contribution < -0.4 is 0 Å². The number of hydrogen-bond acceptors (Lipinski definition) is 2. The average molecular weight is 204 g/mol. The summed E-state index contributed by atoms with van der Waals surface area (Å²) in [5.41, 5.74) is 0.903. The van der Waals surface area contributed by atoms with Gasteiger partial charge in [-0.2, -0.15) is 0 Å². The van der Waals surface area contributed by atoms with Crippen LogP contribution in [0.15, 0.2) is 11.6 Å². The number of hydrogen-bond donors (Lipinski definition) is 0. The Morgan fingerprint density at radius 3 is 2.80 bits per heavy atom. The molecule has 0 N–H and O–H groups in total. The van der Waals surface area contributed by atoms with Crippen LogP contribution in [0.4, 0.5) is 0 Å². The van der Waals surface area contributed by atoms with Crippen molar-refractivity contribution in [2.45, 2.75) is 33.1 Å².